The van der Waals surface area contributed by atoms with Crippen LogP contribution in [0.2, 0.25) is 5.02 Å². The van der Waals surface area contributed by atoms with Gasteiger partial charge in [-0.1, -0.05) is 11.6 Å². The van der Waals surface area contributed by atoms with Gasteiger partial charge in [0.05, 0.1) is 21.7 Å². The van der Waals surface area contributed by atoms with Crippen molar-refractivity contribution in [2.24, 2.45) is 0 Å². The molecule has 0 unspecified atom stereocenters. The molecule has 0 aliphatic carbocycles. The van der Waals surface area contributed by atoms with Gasteiger partial charge in [-0.15, -0.1) is 11.3 Å². The zero-order valence-corrected chi connectivity index (χ0v) is 12.4. The number of nitrogens with zero attached hydrogens (tertiary/aromatic N) is 1. The summed E-state index contributed by atoms with van der Waals surface area (Å²) in [5.41, 5.74) is 7.65. The third-order valence-electron chi connectivity index (χ3n) is 2.42. The molecule has 0 spiro atoms. The first kappa shape index (κ1) is 12.7. The Hall–Kier alpha value is -0.710. The molecule has 1 heterocycles. The van der Waals surface area contributed by atoms with Crippen LogP contribution in [0, 0.1) is 0 Å². The lowest BCUT2D eigenvalue weighted by Crippen LogP contribution is -2.16. The number of thiophene rings is 1. The highest BCUT2D eigenvalue weighted by molar-refractivity contribution is 9.11. The fourth-order valence-corrected chi connectivity index (χ4v) is 3.35. The summed E-state index contributed by atoms with van der Waals surface area (Å²) in [6, 6.07) is 9.74. The second-order valence-electron chi connectivity index (χ2n) is 3.77. The van der Waals surface area contributed by atoms with E-state index in [0.717, 1.165) is 16.0 Å². The average Bonchev–Trinajstić information content (AvgIpc) is 2.63. The number of hydrogen-bond donors (Lipinski definition) is 1. The van der Waals surface area contributed by atoms with E-state index >= 15 is 0 Å². The number of benzene rings is 1. The topological polar surface area (TPSA) is 29.3 Å². The predicted molar refractivity (Wildman–Crippen MR) is 80.0 cm³/mol. The van der Waals surface area contributed by atoms with Gasteiger partial charge in [-0.3, -0.25) is 0 Å². The zero-order valence-electron chi connectivity index (χ0n) is 9.28. The fraction of sp³-hybridized carbons (Fsp3) is 0.167. The normalized spacial score (nSPS) is 10.5. The highest BCUT2D eigenvalue weighted by atomic mass is 79.9. The van der Waals surface area contributed by atoms with Crippen LogP contribution in [-0.2, 0) is 6.54 Å². The van der Waals surface area contributed by atoms with Crippen LogP contribution in [0.5, 0.6) is 0 Å². The van der Waals surface area contributed by atoms with E-state index in [1.807, 2.05) is 19.2 Å². The Kier molecular flexibility index (Phi) is 3.97. The second kappa shape index (κ2) is 5.29. The van der Waals surface area contributed by atoms with Crippen LogP contribution in [0.4, 0.5) is 11.4 Å². The minimum atomic E-state index is 0.665. The van der Waals surface area contributed by atoms with Gasteiger partial charge in [0.15, 0.2) is 0 Å². The molecule has 0 radical (unpaired) electrons. The maximum Gasteiger partial charge on any atom is 0.0702 e. The summed E-state index contributed by atoms with van der Waals surface area (Å²) in [5.74, 6) is 0. The number of hydrogen-bond acceptors (Lipinski definition) is 3. The maximum atomic E-state index is 5.95. The highest BCUT2D eigenvalue weighted by Gasteiger charge is 2.07. The molecule has 0 aliphatic heterocycles. The van der Waals surface area contributed by atoms with Crippen molar-refractivity contribution >= 4 is 50.2 Å². The van der Waals surface area contributed by atoms with Crippen LogP contribution < -0.4 is 10.6 Å². The molecule has 90 valence electrons. The Morgan fingerprint density at radius 2 is 2.12 bits per heavy atom. The standard InChI is InChI=1S/C12H12BrClN2S/c1-16(7-9-3-5-12(13)17-9)11-4-2-8(14)6-10(11)15/h2-6H,7,15H2,1H3. The summed E-state index contributed by atoms with van der Waals surface area (Å²) in [4.78, 5) is 3.40. The summed E-state index contributed by atoms with van der Waals surface area (Å²) in [5, 5.41) is 0.665. The van der Waals surface area contributed by atoms with E-state index in [1.54, 1.807) is 17.4 Å². The molecule has 1 aromatic heterocycles. The van der Waals surface area contributed by atoms with E-state index in [4.69, 9.17) is 17.3 Å². The smallest absolute Gasteiger partial charge is 0.0702 e. The molecule has 0 bridgehead atoms. The van der Waals surface area contributed by atoms with Crippen molar-refractivity contribution in [3.8, 4) is 0 Å². The fourth-order valence-electron chi connectivity index (χ4n) is 1.63. The van der Waals surface area contributed by atoms with Gasteiger partial charge in [0.1, 0.15) is 0 Å². The summed E-state index contributed by atoms with van der Waals surface area (Å²) in [6.45, 7) is 0.835. The minimum Gasteiger partial charge on any atom is -0.397 e. The Morgan fingerprint density at radius 3 is 2.71 bits per heavy atom. The van der Waals surface area contributed by atoms with Gasteiger partial charge in [0.25, 0.3) is 0 Å². The third-order valence-corrected chi connectivity index (χ3v) is 4.27. The van der Waals surface area contributed by atoms with E-state index in [0.29, 0.717) is 10.7 Å². The maximum absolute atomic E-state index is 5.95. The molecule has 2 nitrogen and oxygen atoms in total. The lowest BCUT2D eigenvalue weighted by Gasteiger charge is -2.20. The van der Waals surface area contributed by atoms with Crippen LogP contribution in [0.3, 0.4) is 0 Å². The second-order valence-corrected chi connectivity index (χ2v) is 6.75. The Labute approximate surface area is 118 Å². The van der Waals surface area contributed by atoms with Crippen molar-refractivity contribution in [1.82, 2.24) is 0 Å². The van der Waals surface area contributed by atoms with Gasteiger partial charge in [-0.25, -0.2) is 0 Å². The Bertz CT molecular complexity index is 527. The Morgan fingerprint density at radius 1 is 1.35 bits per heavy atom. The summed E-state index contributed by atoms with van der Waals surface area (Å²) in [6.07, 6.45) is 0. The molecule has 17 heavy (non-hydrogen) atoms. The highest BCUT2D eigenvalue weighted by Crippen LogP contribution is 2.29. The first-order valence-electron chi connectivity index (χ1n) is 5.06. The molecule has 2 aromatic rings. The van der Waals surface area contributed by atoms with Crippen LogP contribution in [0.1, 0.15) is 4.88 Å². The monoisotopic (exact) mass is 330 g/mol. The SMILES string of the molecule is CN(Cc1ccc(Br)s1)c1ccc(Cl)cc1N. The van der Waals surface area contributed by atoms with Crippen molar-refractivity contribution in [3.63, 3.8) is 0 Å². The molecule has 0 aliphatic rings. The molecular weight excluding hydrogens is 320 g/mol. The molecule has 2 N–H and O–H groups in total. The van der Waals surface area contributed by atoms with Gasteiger partial charge in [0, 0.05) is 16.9 Å². The lowest BCUT2D eigenvalue weighted by molar-refractivity contribution is 0.942. The van der Waals surface area contributed by atoms with E-state index in [-0.39, 0.29) is 0 Å². The molecule has 0 atom stereocenters. The summed E-state index contributed by atoms with van der Waals surface area (Å²) < 4.78 is 1.14. The Balaban J connectivity index is 2.17. The van der Waals surface area contributed by atoms with Gasteiger partial charge in [-0.05, 0) is 46.3 Å². The molecule has 1 aromatic carbocycles. The number of rotatable bonds is 3. The van der Waals surface area contributed by atoms with Gasteiger partial charge in [-0.2, -0.15) is 0 Å². The first-order valence-corrected chi connectivity index (χ1v) is 7.05. The minimum absolute atomic E-state index is 0.665. The average molecular weight is 332 g/mol. The van der Waals surface area contributed by atoms with Gasteiger partial charge >= 0.3 is 0 Å². The quantitative estimate of drug-likeness (QED) is 0.846. The van der Waals surface area contributed by atoms with E-state index in [9.17, 15) is 0 Å². The van der Waals surface area contributed by atoms with E-state index < -0.39 is 0 Å². The van der Waals surface area contributed by atoms with Crippen molar-refractivity contribution < 1.29 is 0 Å². The van der Waals surface area contributed by atoms with E-state index in [2.05, 4.69) is 33.0 Å². The molecule has 0 fully saturated rings. The third kappa shape index (κ3) is 3.15. The van der Waals surface area contributed by atoms with Gasteiger partial charge in [0.2, 0.25) is 0 Å². The van der Waals surface area contributed by atoms with E-state index in [1.165, 1.54) is 4.88 Å². The molecule has 0 saturated carbocycles. The number of anilines is 2. The van der Waals surface area contributed by atoms with Crippen molar-refractivity contribution in [3.05, 3.63) is 44.0 Å². The number of nitrogen functional groups attached to an aromatic ring is 1. The lowest BCUT2D eigenvalue weighted by atomic mass is 10.2. The van der Waals surface area contributed by atoms with Gasteiger partial charge < -0.3 is 10.6 Å². The van der Waals surface area contributed by atoms with Crippen molar-refractivity contribution in [2.75, 3.05) is 17.7 Å². The number of nitrogens with two attached hydrogens (primary N) is 1. The van der Waals surface area contributed by atoms with Crippen LogP contribution in [-0.4, -0.2) is 7.05 Å². The first-order chi connectivity index (χ1) is 8.06. The zero-order chi connectivity index (χ0) is 12.4. The summed E-state index contributed by atoms with van der Waals surface area (Å²) in [7, 11) is 2.02. The van der Waals surface area contributed by atoms with Crippen LogP contribution >= 0.6 is 38.9 Å². The van der Waals surface area contributed by atoms with Crippen molar-refractivity contribution in [1.29, 1.82) is 0 Å². The van der Waals surface area contributed by atoms with Crippen LogP contribution in [0.25, 0.3) is 0 Å². The predicted octanol–water partition coefficient (Wildman–Crippen LogP) is 4.38. The van der Waals surface area contributed by atoms with Crippen molar-refractivity contribution in [2.45, 2.75) is 6.54 Å². The number of halogens is 2. The molecular formula is C12H12BrClN2S. The summed E-state index contributed by atoms with van der Waals surface area (Å²) >= 11 is 11.1. The largest absolute Gasteiger partial charge is 0.397 e. The van der Waals surface area contributed by atoms with Crippen LogP contribution in [0.15, 0.2) is 34.1 Å². The molecule has 0 saturated heterocycles. The molecule has 2 rings (SSSR count). The molecule has 0 amide bonds. The molecule has 5 heteroatoms.